The van der Waals surface area contributed by atoms with Crippen molar-refractivity contribution in [3.05, 3.63) is 57.5 Å². The second-order valence-electron chi connectivity index (χ2n) is 9.33. The zero-order valence-electron chi connectivity index (χ0n) is 20.3. The number of carbonyl (C=O) groups is 1. The lowest BCUT2D eigenvalue weighted by Gasteiger charge is -2.46. The van der Waals surface area contributed by atoms with Crippen LogP contribution in [0.3, 0.4) is 0 Å². The number of hydrogen-bond acceptors (Lipinski definition) is 7. The quantitative estimate of drug-likeness (QED) is 0.336. The number of amides is 1. The predicted molar refractivity (Wildman–Crippen MR) is 135 cm³/mol. The van der Waals surface area contributed by atoms with Gasteiger partial charge in [-0.1, -0.05) is 23.7 Å². The van der Waals surface area contributed by atoms with Crippen LogP contribution in [0.2, 0.25) is 5.02 Å². The van der Waals surface area contributed by atoms with Crippen molar-refractivity contribution in [2.45, 2.75) is 30.9 Å². The molecule has 3 heterocycles. The number of nitrogens with zero attached hydrogens (tertiary/aromatic N) is 8. The van der Waals surface area contributed by atoms with Gasteiger partial charge in [0.05, 0.1) is 29.7 Å². The molecule has 2 aromatic rings. The van der Waals surface area contributed by atoms with Crippen molar-refractivity contribution in [2.24, 2.45) is 15.5 Å². The fourth-order valence-corrected chi connectivity index (χ4v) is 5.66. The van der Waals surface area contributed by atoms with E-state index in [0.29, 0.717) is 44.2 Å². The number of aromatic nitrogens is 1. The second-order valence-corrected chi connectivity index (χ2v) is 9.71. The Morgan fingerprint density at radius 2 is 2.11 bits per heavy atom. The van der Waals surface area contributed by atoms with E-state index in [2.05, 4.69) is 32.1 Å². The first-order valence-corrected chi connectivity index (χ1v) is 12.4. The zero-order valence-corrected chi connectivity index (χ0v) is 21.1. The Morgan fingerprint density at radius 3 is 2.89 bits per heavy atom. The lowest BCUT2D eigenvalue weighted by atomic mass is 9.98. The smallest absolute Gasteiger partial charge is 0.230 e. The SMILES string of the molecule is C=N/N=N\N(C)c1ccc2c(n1)CCC2C(=O)N1CCN2C[C@@H](c3ccc(F)c(C#N)c3Cl)OC[C@@H]2C1. The van der Waals surface area contributed by atoms with Crippen molar-refractivity contribution in [1.29, 1.82) is 5.26 Å². The van der Waals surface area contributed by atoms with Gasteiger partial charge in [0.1, 0.15) is 23.3 Å². The minimum absolute atomic E-state index is 0.0578. The lowest BCUT2D eigenvalue weighted by molar-refractivity contribution is -0.141. The summed E-state index contributed by atoms with van der Waals surface area (Å²) in [5.41, 5.74) is 2.31. The average Bonchev–Trinajstić information content (AvgIpc) is 3.34. The number of halogens is 2. The third-order valence-electron chi connectivity index (χ3n) is 7.29. The molecule has 1 aromatic heterocycles. The van der Waals surface area contributed by atoms with Gasteiger partial charge in [0.2, 0.25) is 5.91 Å². The van der Waals surface area contributed by atoms with Gasteiger partial charge in [0, 0.05) is 51.2 Å². The molecule has 0 spiro atoms. The summed E-state index contributed by atoms with van der Waals surface area (Å²) in [4.78, 5) is 22.4. The molecule has 12 heteroatoms. The number of nitriles is 1. The molecule has 3 atom stereocenters. The Labute approximate surface area is 218 Å². The molecule has 10 nitrogen and oxygen atoms in total. The van der Waals surface area contributed by atoms with E-state index in [4.69, 9.17) is 16.3 Å². The lowest BCUT2D eigenvalue weighted by Crippen LogP contribution is -2.60. The molecule has 1 unspecified atom stereocenters. The summed E-state index contributed by atoms with van der Waals surface area (Å²) < 4.78 is 20.0. The number of morpholine rings is 1. The maximum atomic E-state index is 13.9. The van der Waals surface area contributed by atoms with Crippen LogP contribution in [-0.2, 0) is 16.0 Å². The van der Waals surface area contributed by atoms with E-state index >= 15 is 0 Å². The molecule has 5 rings (SSSR count). The summed E-state index contributed by atoms with van der Waals surface area (Å²) in [5, 5.41) is 21.6. The van der Waals surface area contributed by atoms with E-state index in [1.165, 1.54) is 11.1 Å². The minimum atomic E-state index is -0.639. The van der Waals surface area contributed by atoms with Gasteiger partial charge in [0.25, 0.3) is 0 Å². The molecule has 0 radical (unpaired) electrons. The first-order valence-electron chi connectivity index (χ1n) is 12.0. The van der Waals surface area contributed by atoms with Gasteiger partial charge >= 0.3 is 0 Å². The Hall–Kier alpha value is -3.46. The van der Waals surface area contributed by atoms with Crippen LogP contribution in [-0.4, -0.2) is 73.3 Å². The van der Waals surface area contributed by atoms with E-state index in [1.807, 2.05) is 23.1 Å². The van der Waals surface area contributed by atoms with Gasteiger partial charge in [-0.2, -0.15) is 5.26 Å². The van der Waals surface area contributed by atoms with E-state index < -0.39 is 5.82 Å². The minimum Gasteiger partial charge on any atom is -0.370 e. The maximum Gasteiger partial charge on any atom is 0.230 e. The highest BCUT2D eigenvalue weighted by Gasteiger charge is 2.39. The van der Waals surface area contributed by atoms with E-state index in [-0.39, 0.29) is 34.6 Å². The molecule has 1 amide bonds. The molecule has 3 aliphatic rings. The van der Waals surface area contributed by atoms with Crippen molar-refractivity contribution in [3.63, 3.8) is 0 Å². The topological polar surface area (TPSA) is 110 Å². The zero-order chi connectivity index (χ0) is 26.1. The third-order valence-corrected chi connectivity index (χ3v) is 7.70. The van der Waals surface area contributed by atoms with Gasteiger partial charge in [-0.15, -0.1) is 5.10 Å². The number of carbonyl (C=O) groups excluding carboxylic acids is 1. The van der Waals surface area contributed by atoms with Crippen molar-refractivity contribution < 1.29 is 13.9 Å². The van der Waals surface area contributed by atoms with E-state index in [1.54, 1.807) is 13.1 Å². The van der Waals surface area contributed by atoms with Crippen LogP contribution in [0.1, 0.15) is 40.8 Å². The summed E-state index contributed by atoms with van der Waals surface area (Å²) in [6.45, 7) is 6.13. The molecular formula is C25H26ClFN8O2. The van der Waals surface area contributed by atoms with Crippen molar-refractivity contribution in [3.8, 4) is 6.07 Å². The number of aryl methyl sites for hydroxylation is 1. The Bertz CT molecular complexity index is 1300. The average molecular weight is 525 g/mol. The van der Waals surface area contributed by atoms with Crippen LogP contribution in [0.5, 0.6) is 0 Å². The molecule has 37 heavy (non-hydrogen) atoms. The molecule has 0 bridgehead atoms. The molecular weight excluding hydrogens is 499 g/mol. The van der Waals surface area contributed by atoms with E-state index in [9.17, 15) is 14.4 Å². The van der Waals surface area contributed by atoms with Crippen LogP contribution in [0.4, 0.5) is 10.2 Å². The van der Waals surface area contributed by atoms with E-state index in [0.717, 1.165) is 24.1 Å². The number of ether oxygens (including phenoxy) is 1. The Balaban J connectivity index is 1.24. The second kappa shape index (κ2) is 10.5. The standard InChI is InChI=1S/C25H26ClFN8O2/c1-29-31-32-33(2)23-8-5-16-17(4-7-21(16)30-23)25(36)35-10-9-34-13-22(37-14-15(34)12-35)18-3-6-20(27)19(11-28)24(18)26/h3,5-6,8,15,17,22H,1,4,7,9-10,12-14H2,2H3/b32-31-/t15-,17?,22-/m0/s1. The van der Waals surface area contributed by atoms with Crippen molar-refractivity contribution in [1.82, 2.24) is 14.8 Å². The first kappa shape index (κ1) is 25.2. The summed E-state index contributed by atoms with van der Waals surface area (Å²) in [7, 11) is 1.73. The van der Waals surface area contributed by atoms with Crippen LogP contribution in [0.25, 0.3) is 0 Å². The predicted octanol–water partition coefficient (Wildman–Crippen LogP) is 3.48. The number of pyridine rings is 1. The van der Waals surface area contributed by atoms with Gasteiger partial charge in [0.15, 0.2) is 0 Å². The van der Waals surface area contributed by atoms with Gasteiger partial charge < -0.3 is 9.64 Å². The van der Waals surface area contributed by atoms with Crippen LogP contribution in [0, 0.1) is 17.1 Å². The number of fused-ring (bicyclic) bond motifs is 2. The highest BCUT2D eigenvalue weighted by atomic mass is 35.5. The molecule has 1 aromatic carbocycles. The fraction of sp³-hybridized carbons (Fsp3) is 0.440. The molecule has 0 saturated carbocycles. The van der Waals surface area contributed by atoms with Gasteiger partial charge in [-0.25, -0.2) is 14.4 Å². The molecule has 0 N–H and O–H groups in total. The van der Waals surface area contributed by atoms with Crippen molar-refractivity contribution in [2.75, 3.05) is 44.8 Å². The molecule has 2 saturated heterocycles. The molecule has 192 valence electrons. The number of hydrogen-bond donors (Lipinski definition) is 0. The van der Waals surface area contributed by atoms with Crippen LogP contribution in [0.15, 0.2) is 39.8 Å². The van der Waals surface area contributed by atoms with Crippen LogP contribution < -0.4 is 5.01 Å². The summed E-state index contributed by atoms with van der Waals surface area (Å²) in [6.07, 6.45) is 1.08. The van der Waals surface area contributed by atoms with Crippen LogP contribution >= 0.6 is 11.6 Å². The van der Waals surface area contributed by atoms with Gasteiger partial charge in [-0.05, 0) is 41.0 Å². The van der Waals surface area contributed by atoms with Gasteiger partial charge in [-0.3, -0.25) is 9.69 Å². The molecule has 1 aliphatic carbocycles. The molecule has 2 fully saturated rings. The van der Waals surface area contributed by atoms with Crippen molar-refractivity contribution >= 4 is 30.0 Å². The maximum absolute atomic E-state index is 13.9. The summed E-state index contributed by atoms with van der Waals surface area (Å²) in [5.74, 6) is -0.117. The Kier molecular flexibility index (Phi) is 7.15. The summed E-state index contributed by atoms with van der Waals surface area (Å²) in [6, 6.07) is 8.50. The third kappa shape index (κ3) is 4.80. The fourth-order valence-electron chi connectivity index (χ4n) is 5.34. The monoisotopic (exact) mass is 524 g/mol. The number of rotatable bonds is 5. The normalized spacial score (nSPS) is 23.4. The Morgan fingerprint density at radius 1 is 1.30 bits per heavy atom. The number of benzene rings is 1. The largest absolute Gasteiger partial charge is 0.370 e. The first-order chi connectivity index (χ1) is 17.9. The highest BCUT2D eigenvalue weighted by Crippen LogP contribution is 2.37. The highest BCUT2D eigenvalue weighted by molar-refractivity contribution is 6.32. The molecule has 2 aliphatic heterocycles. The number of anilines is 1. The number of piperazine rings is 1. The summed E-state index contributed by atoms with van der Waals surface area (Å²) >= 11 is 6.31.